The molecule has 0 radical (unpaired) electrons. The summed E-state index contributed by atoms with van der Waals surface area (Å²) in [6.45, 7) is 3.67. The van der Waals surface area contributed by atoms with E-state index < -0.39 is 0 Å². The Labute approximate surface area is 193 Å². The van der Waals surface area contributed by atoms with E-state index in [9.17, 15) is 14.7 Å². The number of hydrogen-bond acceptors (Lipinski definition) is 4. The van der Waals surface area contributed by atoms with Gasteiger partial charge in [-0.05, 0) is 24.6 Å². The van der Waals surface area contributed by atoms with Gasteiger partial charge in [0.1, 0.15) is 11.3 Å². The third-order valence-corrected chi connectivity index (χ3v) is 6.32. The number of aromatic hydroxyl groups is 1. The van der Waals surface area contributed by atoms with Crippen LogP contribution in [0.2, 0.25) is 0 Å². The number of phenols is 1. The summed E-state index contributed by atoms with van der Waals surface area (Å²) in [7, 11) is 0. The van der Waals surface area contributed by atoms with E-state index in [4.69, 9.17) is 4.42 Å². The first-order valence-electron chi connectivity index (χ1n) is 12.8. The molecule has 1 N–H and O–H groups in total. The van der Waals surface area contributed by atoms with Crippen LogP contribution in [0.15, 0.2) is 22.6 Å². The molecule has 1 aromatic heterocycles. The standard InChI is InChI=1S/C28H42O4/c1-3-4-5-6-7-8-9-10-11-12-13-14-15-16-17-18-25(30)23-19-20-26(31)24-21-27(22(2)29)32-28(23)24/h19-21,31H,3-18H2,1-2H3. The maximum Gasteiger partial charge on any atom is 0.194 e. The molecule has 0 saturated carbocycles. The molecule has 1 aromatic carbocycles. The van der Waals surface area contributed by atoms with Gasteiger partial charge in [0.15, 0.2) is 17.3 Å². The largest absolute Gasteiger partial charge is 0.507 e. The fraction of sp³-hybridized carbons (Fsp3) is 0.643. The van der Waals surface area contributed by atoms with Crippen LogP contribution in [0.25, 0.3) is 11.0 Å². The smallest absolute Gasteiger partial charge is 0.194 e. The minimum atomic E-state index is -0.221. The minimum Gasteiger partial charge on any atom is -0.507 e. The number of ketones is 2. The number of benzene rings is 1. The Balaban J connectivity index is 1.55. The lowest BCUT2D eigenvalue weighted by Gasteiger charge is -2.05. The van der Waals surface area contributed by atoms with Crippen LogP contribution >= 0.6 is 0 Å². The first kappa shape index (κ1) is 26.2. The van der Waals surface area contributed by atoms with Crippen molar-refractivity contribution in [2.24, 2.45) is 0 Å². The van der Waals surface area contributed by atoms with E-state index in [0.717, 1.165) is 12.8 Å². The molecular weight excluding hydrogens is 400 g/mol. The summed E-state index contributed by atoms with van der Waals surface area (Å²) in [5.41, 5.74) is 0.775. The van der Waals surface area contributed by atoms with Gasteiger partial charge < -0.3 is 9.52 Å². The van der Waals surface area contributed by atoms with Gasteiger partial charge in [-0.3, -0.25) is 9.59 Å². The molecule has 0 aliphatic heterocycles. The second kappa shape index (κ2) is 14.9. The van der Waals surface area contributed by atoms with E-state index in [0.29, 0.717) is 23.0 Å². The fourth-order valence-electron chi connectivity index (χ4n) is 4.29. The summed E-state index contributed by atoms with van der Waals surface area (Å²) in [4.78, 5) is 24.2. The average molecular weight is 443 g/mol. The van der Waals surface area contributed by atoms with E-state index in [1.165, 1.54) is 103 Å². The second-order valence-corrected chi connectivity index (χ2v) is 9.16. The van der Waals surface area contributed by atoms with Crippen LogP contribution in [0, 0.1) is 0 Å². The van der Waals surface area contributed by atoms with Gasteiger partial charge in [-0.15, -0.1) is 0 Å². The third kappa shape index (κ3) is 8.80. The molecule has 0 fully saturated rings. The first-order valence-corrected chi connectivity index (χ1v) is 12.8. The lowest BCUT2D eigenvalue weighted by molar-refractivity contribution is 0.0969. The highest BCUT2D eigenvalue weighted by atomic mass is 16.3. The SMILES string of the molecule is CCCCCCCCCCCCCCCCCC(=O)c1ccc(O)c2cc(C(C)=O)oc12. The molecule has 0 unspecified atom stereocenters. The second-order valence-electron chi connectivity index (χ2n) is 9.16. The van der Waals surface area contributed by atoms with Gasteiger partial charge in [0.25, 0.3) is 0 Å². The Kier molecular flexibility index (Phi) is 12.2. The molecule has 4 heteroatoms. The van der Waals surface area contributed by atoms with E-state index in [1.807, 2.05) is 0 Å². The van der Waals surface area contributed by atoms with E-state index >= 15 is 0 Å². The number of unbranched alkanes of at least 4 members (excludes halogenated alkanes) is 14. The van der Waals surface area contributed by atoms with Gasteiger partial charge in [0.2, 0.25) is 0 Å². The summed E-state index contributed by atoms with van der Waals surface area (Å²) in [6.07, 6.45) is 19.9. The van der Waals surface area contributed by atoms with Crippen LogP contribution in [-0.4, -0.2) is 16.7 Å². The summed E-state index contributed by atoms with van der Waals surface area (Å²) in [5.74, 6) is -0.0159. The highest BCUT2D eigenvalue weighted by Crippen LogP contribution is 2.32. The molecule has 1 heterocycles. The van der Waals surface area contributed by atoms with Crippen LogP contribution in [0.1, 0.15) is 137 Å². The molecular formula is C28H42O4. The summed E-state index contributed by atoms with van der Waals surface area (Å²) in [5, 5.41) is 10.4. The van der Waals surface area contributed by atoms with Gasteiger partial charge in [-0.1, -0.05) is 96.8 Å². The van der Waals surface area contributed by atoms with Crippen molar-refractivity contribution >= 4 is 22.5 Å². The van der Waals surface area contributed by atoms with Crippen molar-refractivity contribution in [2.45, 2.75) is 117 Å². The Hall–Kier alpha value is -2.10. The van der Waals surface area contributed by atoms with Crippen molar-refractivity contribution in [3.8, 4) is 5.75 Å². The number of Topliss-reactive ketones (excluding diaryl/α,β-unsaturated/α-hetero) is 2. The first-order chi connectivity index (χ1) is 15.5. The van der Waals surface area contributed by atoms with Gasteiger partial charge >= 0.3 is 0 Å². The van der Waals surface area contributed by atoms with Crippen LogP contribution in [0.3, 0.4) is 0 Å². The molecule has 0 aliphatic carbocycles. The molecule has 0 amide bonds. The molecule has 0 saturated heterocycles. The number of phenolic OH excluding ortho intramolecular Hbond substituents is 1. The van der Waals surface area contributed by atoms with Crippen molar-refractivity contribution in [1.82, 2.24) is 0 Å². The lowest BCUT2D eigenvalue weighted by Crippen LogP contribution is -1.99. The maximum atomic E-state index is 12.7. The van der Waals surface area contributed by atoms with Crippen molar-refractivity contribution in [3.63, 3.8) is 0 Å². The zero-order valence-corrected chi connectivity index (χ0v) is 20.2. The Morgan fingerprint density at radius 3 is 1.78 bits per heavy atom. The van der Waals surface area contributed by atoms with Crippen LogP contribution in [-0.2, 0) is 0 Å². The number of carbonyl (C=O) groups excluding carboxylic acids is 2. The predicted molar refractivity (Wildman–Crippen MR) is 132 cm³/mol. The molecule has 0 bridgehead atoms. The van der Waals surface area contributed by atoms with Crippen LogP contribution in [0.5, 0.6) is 5.75 Å². The number of furan rings is 1. The molecule has 0 spiro atoms. The molecule has 0 aliphatic rings. The lowest BCUT2D eigenvalue weighted by atomic mass is 10.0. The third-order valence-electron chi connectivity index (χ3n) is 6.32. The highest BCUT2D eigenvalue weighted by Gasteiger charge is 2.18. The van der Waals surface area contributed by atoms with Crippen LogP contribution in [0.4, 0.5) is 0 Å². The highest BCUT2D eigenvalue weighted by molar-refractivity contribution is 6.09. The van der Waals surface area contributed by atoms with Crippen molar-refractivity contribution in [1.29, 1.82) is 0 Å². The number of rotatable bonds is 18. The fourth-order valence-corrected chi connectivity index (χ4v) is 4.29. The van der Waals surface area contributed by atoms with Gasteiger partial charge in [-0.25, -0.2) is 0 Å². The van der Waals surface area contributed by atoms with Crippen molar-refractivity contribution < 1.29 is 19.1 Å². The van der Waals surface area contributed by atoms with E-state index in [1.54, 1.807) is 6.07 Å². The minimum absolute atomic E-state index is 0.00847. The quantitative estimate of drug-likeness (QED) is 0.185. The number of carbonyl (C=O) groups is 2. The normalized spacial score (nSPS) is 11.3. The Bertz CT molecular complexity index is 833. The molecule has 2 rings (SSSR count). The van der Waals surface area contributed by atoms with Gasteiger partial charge in [-0.2, -0.15) is 0 Å². The maximum absolute atomic E-state index is 12.7. The van der Waals surface area contributed by atoms with Gasteiger partial charge in [0.05, 0.1) is 10.9 Å². The topological polar surface area (TPSA) is 67.5 Å². The monoisotopic (exact) mass is 442 g/mol. The van der Waals surface area contributed by atoms with E-state index in [-0.39, 0.29) is 23.1 Å². The molecule has 2 aromatic rings. The predicted octanol–water partition coefficient (Wildman–Crippen LogP) is 8.79. The molecule has 0 atom stereocenters. The summed E-state index contributed by atoms with van der Waals surface area (Å²) >= 11 is 0. The zero-order valence-electron chi connectivity index (χ0n) is 20.2. The van der Waals surface area contributed by atoms with Gasteiger partial charge in [0, 0.05) is 13.3 Å². The molecule has 178 valence electrons. The van der Waals surface area contributed by atoms with Crippen molar-refractivity contribution in [3.05, 3.63) is 29.5 Å². The number of hydrogen-bond donors (Lipinski definition) is 1. The van der Waals surface area contributed by atoms with Crippen molar-refractivity contribution in [2.75, 3.05) is 0 Å². The number of fused-ring (bicyclic) bond motifs is 1. The summed E-state index contributed by atoms with van der Waals surface area (Å²) < 4.78 is 5.56. The Morgan fingerprint density at radius 2 is 1.28 bits per heavy atom. The average Bonchev–Trinajstić information content (AvgIpc) is 3.23. The van der Waals surface area contributed by atoms with Crippen LogP contribution < -0.4 is 0 Å². The van der Waals surface area contributed by atoms with E-state index in [2.05, 4.69) is 6.92 Å². The zero-order chi connectivity index (χ0) is 23.2. The summed E-state index contributed by atoms with van der Waals surface area (Å²) in [6, 6.07) is 4.61. The molecule has 32 heavy (non-hydrogen) atoms. The Morgan fingerprint density at radius 1 is 0.781 bits per heavy atom. The molecule has 4 nitrogen and oxygen atoms in total.